The lowest BCUT2D eigenvalue weighted by atomic mass is 9.89. The number of Topliss-reactive ketones (excluding diaryl/α,β-unsaturated/α-hetero) is 1. The highest BCUT2D eigenvalue weighted by atomic mass is 19.1. The van der Waals surface area contributed by atoms with Gasteiger partial charge in [-0.2, -0.15) is 0 Å². The highest BCUT2D eigenvalue weighted by molar-refractivity contribution is 5.98. The molecule has 0 saturated carbocycles. The van der Waals surface area contributed by atoms with E-state index < -0.39 is 0 Å². The molecule has 1 aliphatic rings. The van der Waals surface area contributed by atoms with Crippen LogP contribution in [0.2, 0.25) is 0 Å². The van der Waals surface area contributed by atoms with E-state index in [1.807, 2.05) is 12.1 Å². The van der Waals surface area contributed by atoms with Crippen molar-refractivity contribution in [2.75, 3.05) is 6.54 Å². The average molecular weight is 353 g/mol. The fraction of sp³-hybridized carbons (Fsp3) is 0.364. The number of carbonyl (C=O) groups is 2. The molecule has 4 heteroatoms. The molecule has 0 aromatic heterocycles. The second-order valence-electron chi connectivity index (χ2n) is 6.84. The largest absolute Gasteiger partial charge is 0.356 e. The van der Waals surface area contributed by atoms with Crippen molar-refractivity contribution in [3.63, 3.8) is 0 Å². The van der Waals surface area contributed by atoms with Crippen molar-refractivity contribution in [3.8, 4) is 0 Å². The Morgan fingerprint density at radius 3 is 2.42 bits per heavy atom. The lowest BCUT2D eigenvalue weighted by Gasteiger charge is -2.16. The molecule has 1 aliphatic carbocycles. The Balaban J connectivity index is 1.42. The van der Waals surface area contributed by atoms with Gasteiger partial charge >= 0.3 is 0 Å². The topological polar surface area (TPSA) is 46.2 Å². The highest BCUT2D eigenvalue weighted by Crippen LogP contribution is 2.22. The number of nitrogens with one attached hydrogen (secondary N) is 1. The minimum Gasteiger partial charge on any atom is -0.356 e. The lowest BCUT2D eigenvalue weighted by molar-refractivity contribution is -0.121. The molecule has 0 spiro atoms. The van der Waals surface area contributed by atoms with Crippen molar-refractivity contribution in [1.82, 2.24) is 5.32 Å². The SMILES string of the molecule is O=C(CCC(=O)c1ccc2c(c1)CCCC2)NCCc1ccc(F)cc1. The molecule has 0 atom stereocenters. The van der Waals surface area contributed by atoms with Gasteiger partial charge in [-0.05, 0) is 67.0 Å². The van der Waals surface area contributed by atoms with Crippen molar-refractivity contribution in [3.05, 3.63) is 70.5 Å². The minimum absolute atomic E-state index is 0.0204. The number of rotatable bonds is 7. The summed E-state index contributed by atoms with van der Waals surface area (Å²) in [5.74, 6) is -0.371. The van der Waals surface area contributed by atoms with Crippen molar-refractivity contribution in [1.29, 1.82) is 0 Å². The molecule has 0 saturated heterocycles. The van der Waals surface area contributed by atoms with Crippen molar-refractivity contribution < 1.29 is 14.0 Å². The van der Waals surface area contributed by atoms with Crippen LogP contribution in [0.4, 0.5) is 4.39 Å². The Hall–Kier alpha value is -2.49. The predicted molar refractivity (Wildman–Crippen MR) is 99.8 cm³/mol. The third kappa shape index (κ3) is 5.01. The molecule has 136 valence electrons. The number of hydrogen-bond donors (Lipinski definition) is 1. The van der Waals surface area contributed by atoms with Gasteiger partial charge < -0.3 is 5.32 Å². The van der Waals surface area contributed by atoms with Crippen LogP contribution in [0.3, 0.4) is 0 Å². The van der Waals surface area contributed by atoms with Crippen LogP contribution in [0, 0.1) is 5.82 Å². The Bertz CT molecular complexity index is 783. The van der Waals surface area contributed by atoms with Gasteiger partial charge in [0, 0.05) is 24.9 Å². The van der Waals surface area contributed by atoms with Crippen molar-refractivity contribution >= 4 is 11.7 Å². The van der Waals surface area contributed by atoms with Crippen molar-refractivity contribution in [2.24, 2.45) is 0 Å². The van der Waals surface area contributed by atoms with Crippen LogP contribution in [-0.2, 0) is 24.1 Å². The number of carbonyl (C=O) groups excluding carboxylic acids is 2. The average Bonchev–Trinajstić information content (AvgIpc) is 2.67. The first-order chi connectivity index (χ1) is 12.6. The summed E-state index contributed by atoms with van der Waals surface area (Å²) in [6, 6.07) is 12.2. The van der Waals surface area contributed by atoms with Gasteiger partial charge in [-0.3, -0.25) is 9.59 Å². The Labute approximate surface area is 153 Å². The standard InChI is InChI=1S/C22H24FNO2/c23-20-9-5-16(6-10-20)13-14-24-22(26)12-11-21(25)19-8-7-17-3-1-2-4-18(17)15-19/h5-10,15H,1-4,11-14H2,(H,24,26). The van der Waals surface area contributed by atoms with E-state index in [0.29, 0.717) is 18.5 Å². The van der Waals surface area contributed by atoms with Gasteiger partial charge in [-0.1, -0.05) is 24.3 Å². The first-order valence-corrected chi connectivity index (χ1v) is 9.28. The third-order valence-electron chi connectivity index (χ3n) is 4.90. The number of ketones is 1. The first kappa shape index (κ1) is 18.3. The van der Waals surface area contributed by atoms with E-state index in [-0.39, 0.29) is 30.3 Å². The van der Waals surface area contributed by atoms with E-state index in [1.165, 1.54) is 36.1 Å². The summed E-state index contributed by atoms with van der Waals surface area (Å²) < 4.78 is 12.8. The Morgan fingerprint density at radius 2 is 1.65 bits per heavy atom. The van der Waals surface area contributed by atoms with Gasteiger partial charge in [-0.25, -0.2) is 4.39 Å². The van der Waals surface area contributed by atoms with Crippen LogP contribution in [0.5, 0.6) is 0 Å². The van der Waals surface area contributed by atoms with E-state index in [0.717, 1.165) is 18.4 Å². The Kier molecular flexibility index (Phi) is 6.16. The lowest BCUT2D eigenvalue weighted by Crippen LogP contribution is -2.26. The van der Waals surface area contributed by atoms with Gasteiger partial charge in [0.1, 0.15) is 5.82 Å². The summed E-state index contributed by atoms with van der Waals surface area (Å²) in [4.78, 5) is 24.3. The van der Waals surface area contributed by atoms with E-state index in [9.17, 15) is 14.0 Å². The molecule has 0 aliphatic heterocycles. The molecule has 0 heterocycles. The summed E-state index contributed by atoms with van der Waals surface area (Å²) >= 11 is 0. The second kappa shape index (κ2) is 8.75. The van der Waals surface area contributed by atoms with Crippen LogP contribution >= 0.6 is 0 Å². The normalized spacial score (nSPS) is 13.1. The summed E-state index contributed by atoms with van der Waals surface area (Å²) in [5.41, 5.74) is 4.32. The summed E-state index contributed by atoms with van der Waals surface area (Å²) in [5, 5.41) is 2.82. The monoisotopic (exact) mass is 353 g/mol. The zero-order valence-corrected chi connectivity index (χ0v) is 14.9. The predicted octanol–water partition coefficient (Wildman–Crippen LogP) is 4.03. The molecule has 2 aromatic carbocycles. The number of fused-ring (bicyclic) bond motifs is 1. The highest BCUT2D eigenvalue weighted by Gasteiger charge is 2.14. The number of hydrogen-bond acceptors (Lipinski definition) is 2. The van der Waals surface area contributed by atoms with Gasteiger partial charge in [0.05, 0.1) is 0 Å². The zero-order chi connectivity index (χ0) is 18.4. The van der Waals surface area contributed by atoms with E-state index >= 15 is 0 Å². The van der Waals surface area contributed by atoms with Gasteiger partial charge in [0.25, 0.3) is 0 Å². The second-order valence-corrected chi connectivity index (χ2v) is 6.84. The maximum Gasteiger partial charge on any atom is 0.220 e. The maximum atomic E-state index is 12.8. The van der Waals surface area contributed by atoms with Crippen LogP contribution < -0.4 is 5.32 Å². The van der Waals surface area contributed by atoms with Crippen molar-refractivity contribution in [2.45, 2.75) is 44.9 Å². The number of amides is 1. The van der Waals surface area contributed by atoms with Crippen LogP contribution in [-0.4, -0.2) is 18.2 Å². The summed E-state index contributed by atoms with van der Waals surface area (Å²) in [6.45, 7) is 0.484. The molecular weight excluding hydrogens is 329 g/mol. The smallest absolute Gasteiger partial charge is 0.220 e. The van der Waals surface area contributed by atoms with Crippen LogP contribution in [0.25, 0.3) is 0 Å². The minimum atomic E-state index is -0.265. The molecule has 0 bridgehead atoms. The molecule has 3 rings (SSSR count). The molecule has 26 heavy (non-hydrogen) atoms. The van der Waals surface area contributed by atoms with Gasteiger partial charge in [0.15, 0.2) is 5.78 Å². The molecule has 0 fully saturated rings. The summed E-state index contributed by atoms with van der Waals surface area (Å²) in [6.07, 6.45) is 5.60. The molecule has 0 radical (unpaired) electrons. The number of benzene rings is 2. The van der Waals surface area contributed by atoms with E-state index in [4.69, 9.17) is 0 Å². The van der Waals surface area contributed by atoms with Crippen LogP contribution in [0.1, 0.15) is 52.7 Å². The fourth-order valence-electron chi connectivity index (χ4n) is 3.36. The quantitative estimate of drug-likeness (QED) is 0.764. The first-order valence-electron chi connectivity index (χ1n) is 9.28. The van der Waals surface area contributed by atoms with Gasteiger partial charge in [0.2, 0.25) is 5.91 Å². The molecule has 1 N–H and O–H groups in total. The number of halogens is 1. The van der Waals surface area contributed by atoms with E-state index in [1.54, 1.807) is 12.1 Å². The molecule has 1 amide bonds. The molecule has 2 aromatic rings. The zero-order valence-electron chi connectivity index (χ0n) is 14.9. The van der Waals surface area contributed by atoms with Crippen LogP contribution in [0.15, 0.2) is 42.5 Å². The maximum absolute atomic E-state index is 12.8. The molecule has 0 unspecified atom stereocenters. The number of aryl methyl sites for hydroxylation is 2. The summed E-state index contributed by atoms with van der Waals surface area (Å²) in [7, 11) is 0. The molecule has 3 nitrogen and oxygen atoms in total. The van der Waals surface area contributed by atoms with Gasteiger partial charge in [-0.15, -0.1) is 0 Å². The fourth-order valence-corrected chi connectivity index (χ4v) is 3.36. The van der Waals surface area contributed by atoms with E-state index in [2.05, 4.69) is 11.4 Å². The Morgan fingerprint density at radius 1 is 0.923 bits per heavy atom. The molecular formula is C22H24FNO2. The third-order valence-corrected chi connectivity index (χ3v) is 4.90.